The third-order valence-corrected chi connectivity index (χ3v) is 5.84. The lowest BCUT2D eigenvalue weighted by Gasteiger charge is -2.32. The minimum atomic E-state index is -2.61. The lowest BCUT2D eigenvalue weighted by atomic mass is 9.96. The number of benzene rings is 3. The maximum atomic E-state index is 13.3. The molecule has 7 heteroatoms. The van der Waals surface area contributed by atoms with Gasteiger partial charge in [-0.15, -0.1) is 0 Å². The number of halogens is 2. The number of aliphatic hydroxyl groups is 1. The number of likely N-dealkylation sites (tertiary alicyclic amines) is 1. The van der Waals surface area contributed by atoms with E-state index in [1.807, 2.05) is 53.4 Å². The Kier molecular flexibility index (Phi) is 6.39. The van der Waals surface area contributed by atoms with Crippen molar-refractivity contribution < 1.29 is 23.4 Å². The molecule has 3 aromatic carbocycles. The van der Waals surface area contributed by atoms with E-state index in [9.17, 15) is 18.7 Å². The maximum absolute atomic E-state index is 13.3. The second kappa shape index (κ2) is 9.22. The highest BCUT2D eigenvalue weighted by Crippen LogP contribution is 2.37. The van der Waals surface area contributed by atoms with Crippen molar-refractivity contribution in [3.05, 3.63) is 66.2 Å². The highest BCUT2D eigenvalue weighted by Gasteiger charge is 2.34. The number of rotatable bonds is 7. The minimum Gasteiger partial charge on any atom is -0.490 e. The summed E-state index contributed by atoms with van der Waals surface area (Å²) in [5, 5.41) is 12.5. The Labute approximate surface area is 185 Å². The van der Waals surface area contributed by atoms with E-state index in [1.54, 1.807) is 12.1 Å². The molecule has 1 saturated heterocycles. The largest absolute Gasteiger partial charge is 0.490 e. The molecule has 3 aromatic rings. The van der Waals surface area contributed by atoms with Gasteiger partial charge in [-0.25, -0.2) is 8.78 Å². The third-order valence-electron chi connectivity index (χ3n) is 5.84. The summed E-state index contributed by atoms with van der Waals surface area (Å²) in [5.74, 6) is -2.51. The molecule has 3 N–H and O–H groups in total. The first kappa shape index (κ1) is 22.2. The number of nitrogens with zero attached hydrogens (tertiary/aromatic N) is 1. The molecule has 0 radical (unpaired) electrons. The molecule has 5 nitrogen and oxygen atoms in total. The van der Waals surface area contributed by atoms with Crippen LogP contribution in [0.25, 0.3) is 21.9 Å². The van der Waals surface area contributed by atoms with E-state index in [2.05, 4.69) is 0 Å². The van der Waals surface area contributed by atoms with Gasteiger partial charge < -0.3 is 20.5 Å². The molecule has 1 fully saturated rings. The van der Waals surface area contributed by atoms with Crippen molar-refractivity contribution in [3.8, 4) is 16.9 Å². The number of alkyl halides is 2. The van der Waals surface area contributed by atoms with E-state index >= 15 is 0 Å². The van der Waals surface area contributed by atoms with Gasteiger partial charge in [-0.2, -0.15) is 0 Å². The van der Waals surface area contributed by atoms with Crippen LogP contribution in [0.3, 0.4) is 0 Å². The average Bonchev–Trinajstić information content (AvgIpc) is 2.78. The zero-order chi connectivity index (χ0) is 22.7. The van der Waals surface area contributed by atoms with Crippen molar-refractivity contribution in [1.82, 2.24) is 4.90 Å². The standard InChI is InChI=1S/C25H26F2N2O3/c26-25(27)11-13-29(14-12-25)15-20(30)16-32-22-10-9-17-3-1-2-4-21(17)23(22)18-5-7-19(8-6-18)24(28)31/h1-10,20,30H,11-16H2,(H2,28,31). The fourth-order valence-electron chi connectivity index (χ4n) is 4.07. The van der Waals surface area contributed by atoms with Crippen molar-refractivity contribution in [1.29, 1.82) is 0 Å². The second-order valence-corrected chi connectivity index (χ2v) is 8.22. The van der Waals surface area contributed by atoms with E-state index in [0.29, 0.717) is 11.3 Å². The highest BCUT2D eigenvalue weighted by atomic mass is 19.3. The normalized spacial score (nSPS) is 17.2. The first-order chi connectivity index (χ1) is 15.3. The summed E-state index contributed by atoms with van der Waals surface area (Å²) in [4.78, 5) is 13.3. The number of primary amides is 1. The number of hydrogen-bond acceptors (Lipinski definition) is 4. The van der Waals surface area contributed by atoms with E-state index in [4.69, 9.17) is 10.5 Å². The number of carbonyl (C=O) groups excluding carboxylic acids is 1. The van der Waals surface area contributed by atoms with Gasteiger partial charge in [-0.05, 0) is 34.5 Å². The van der Waals surface area contributed by atoms with Gasteiger partial charge in [-0.3, -0.25) is 4.79 Å². The number of carbonyl (C=O) groups is 1. The summed E-state index contributed by atoms with van der Waals surface area (Å²) in [6, 6.07) is 18.7. The average molecular weight is 440 g/mol. The Hall–Kier alpha value is -3.03. The molecule has 1 atom stereocenters. The topological polar surface area (TPSA) is 75.8 Å². The van der Waals surface area contributed by atoms with Crippen LogP contribution in [0.2, 0.25) is 0 Å². The highest BCUT2D eigenvalue weighted by molar-refractivity contribution is 6.00. The van der Waals surface area contributed by atoms with Gasteiger partial charge in [0.05, 0.1) is 0 Å². The number of ether oxygens (including phenoxy) is 1. The Balaban J connectivity index is 1.53. The van der Waals surface area contributed by atoms with E-state index in [-0.39, 0.29) is 39.1 Å². The summed E-state index contributed by atoms with van der Waals surface area (Å²) in [5.41, 5.74) is 7.48. The van der Waals surface area contributed by atoms with Crippen LogP contribution in [0.4, 0.5) is 8.78 Å². The fourth-order valence-corrected chi connectivity index (χ4v) is 4.07. The van der Waals surface area contributed by atoms with Gasteiger partial charge in [0, 0.05) is 43.6 Å². The molecule has 1 amide bonds. The molecule has 32 heavy (non-hydrogen) atoms. The number of aliphatic hydroxyl groups excluding tert-OH is 1. The molecule has 1 aliphatic rings. The summed E-state index contributed by atoms with van der Waals surface area (Å²) in [7, 11) is 0. The Morgan fingerprint density at radius 1 is 1.06 bits per heavy atom. The first-order valence-corrected chi connectivity index (χ1v) is 10.7. The molecule has 1 aliphatic heterocycles. The van der Waals surface area contributed by atoms with Gasteiger partial charge in [0.15, 0.2) is 0 Å². The van der Waals surface area contributed by atoms with Crippen molar-refractivity contribution in [2.24, 2.45) is 5.73 Å². The van der Waals surface area contributed by atoms with Gasteiger partial charge in [0.1, 0.15) is 18.5 Å². The Morgan fingerprint density at radius 3 is 2.44 bits per heavy atom. The number of β-amino-alcohol motifs (C(OH)–C–C–N with tert-alkyl or cyclic N) is 1. The molecule has 4 rings (SSSR count). The molecular formula is C25H26F2N2O3. The Bertz CT molecular complexity index is 1090. The lowest BCUT2D eigenvalue weighted by molar-refractivity contribution is -0.0628. The molecule has 0 spiro atoms. The summed E-state index contributed by atoms with van der Waals surface area (Å²) in [6.07, 6.45) is -1.17. The van der Waals surface area contributed by atoms with Gasteiger partial charge in [0.25, 0.3) is 5.92 Å². The van der Waals surface area contributed by atoms with Crippen molar-refractivity contribution in [2.75, 3.05) is 26.2 Å². The van der Waals surface area contributed by atoms with E-state index in [1.165, 1.54) is 0 Å². The fraction of sp³-hybridized carbons (Fsp3) is 0.320. The minimum absolute atomic E-state index is 0.0393. The SMILES string of the molecule is NC(=O)c1ccc(-c2c(OCC(O)CN3CCC(F)(F)CC3)ccc3ccccc23)cc1. The van der Waals surface area contributed by atoms with E-state index < -0.39 is 17.9 Å². The molecule has 0 bridgehead atoms. The zero-order valence-corrected chi connectivity index (χ0v) is 17.6. The number of amides is 1. The lowest BCUT2D eigenvalue weighted by Crippen LogP contribution is -2.44. The van der Waals surface area contributed by atoms with Crippen molar-refractivity contribution >= 4 is 16.7 Å². The van der Waals surface area contributed by atoms with Gasteiger partial charge in [0.2, 0.25) is 5.91 Å². The molecule has 0 aromatic heterocycles. The van der Waals surface area contributed by atoms with E-state index in [0.717, 1.165) is 21.9 Å². The summed E-state index contributed by atoms with van der Waals surface area (Å²) < 4.78 is 32.7. The maximum Gasteiger partial charge on any atom is 0.250 e. The quantitative estimate of drug-likeness (QED) is 0.581. The second-order valence-electron chi connectivity index (χ2n) is 8.22. The Morgan fingerprint density at radius 2 is 1.75 bits per heavy atom. The smallest absolute Gasteiger partial charge is 0.250 e. The molecule has 1 unspecified atom stereocenters. The monoisotopic (exact) mass is 440 g/mol. The number of piperidine rings is 1. The number of hydrogen-bond donors (Lipinski definition) is 2. The number of fused-ring (bicyclic) bond motifs is 1. The van der Waals surface area contributed by atoms with Crippen LogP contribution in [0, 0.1) is 0 Å². The van der Waals surface area contributed by atoms with Crippen molar-refractivity contribution in [2.45, 2.75) is 24.9 Å². The van der Waals surface area contributed by atoms with Crippen LogP contribution in [0.5, 0.6) is 5.75 Å². The molecule has 1 heterocycles. The van der Waals surface area contributed by atoms with Crippen LogP contribution in [-0.4, -0.2) is 54.2 Å². The van der Waals surface area contributed by atoms with Crippen LogP contribution in [-0.2, 0) is 0 Å². The van der Waals surface area contributed by atoms with Crippen molar-refractivity contribution in [3.63, 3.8) is 0 Å². The third kappa shape index (κ3) is 5.06. The predicted molar refractivity (Wildman–Crippen MR) is 120 cm³/mol. The predicted octanol–water partition coefficient (Wildman–Crippen LogP) is 4.08. The molecule has 168 valence electrons. The molecular weight excluding hydrogens is 414 g/mol. The van der Waals surface area contributed by atoms with Crippen LogP contribution >= 0.6 is 0 Å². The summed E-state index contributed by atoms with van der Waals surface area (Å²) in [6.45, 7) is 0.846. The number of nitrogens with two attached hydrogens (primary N) is 1. The zero-order valence-electron chi connectivity index (χ0n) is 17.6. The molecule has 0 aliphatic carbocycles. The van der Waals surface area contributed by atoms with Crippen LogP contribution in [0.15, 0.2) is 60.7 Å². The summed E-state index contributed by atoms with van der Waals surface area (Å²) >= 11 is 0. The van der Waals surface area contributed by atoms with Crippen LogP contribution < -0.4 is 10.5 Å². The first-order valence-electron chi connectivity index (χ1n) is 10.7. The molecule has 0 saturated carbocycles. The van der Waals surface area contributed by atoms with Crippen LogP contribution in [0.1, 0.15) is 23.2 Å². The van der Waals surface area contributed by atoms with Gasteiger partial charge >= 0.3 is 0 Å². The van der Waals surface area contributed by atoms with Gasteiger partial charge in [-0.1, -0.05) is 42.5 Å².